The van der Waals surface area contributed by atoms with Gasteiger partial charge >= 0.3 is 0 Å². The zero-order chi connectivity index (χ0) is 14.8. The summed E-state index contributed by atoms with van der Waals surface area (Å²) in [7, 11) is 3.50. The van der Waals surface area contributed by atoms with Gasteiger partial charge in [0.25, 0.3) is 0 Å². The van der Waals surface area contributed by atoms with Gasteiger partial charge < -0.3 is 15.4 Å². The molecule has 1 aliphatic heterocycles. The standard InChI is InChI=1S/C15H20N4O2/c1-19-13-6-5-10(8-11(13)15(18-19)21-2)9-17-14(20)12-4-3-7-16-12/h5-6,8,12,16H,3-4,7,9H2,1-2H3,(H,17,20). The summed E-state index contributed by atoms with van der Waals surface area (Å²) in [4.78, 5) is 12.0. The maximum atomic E-state index is 12.0. The highest BCUT2D eigenvalue weighted by Crippen LogP contribution is 2.25. The first-order chi connectivity index (χ1) is 10.2. The van der Waals surface area contributed by atoms with Gasteiger partial charge in [0, 0.05) is 13.6 Å². The monoisotopic (exact) mass is 288 g/mol. The van der Waals surface area contributed by atoms with Gasteiger partial charge in [0.1, 0.15) is 0 Å². The van der Waals surface area contributed by atoms with Gasteiger partial charge in [0.15, 0.2) is 0 Å². The number of aromatic nitrogens is 2. The Kier molecular flexibility index (Phi) is 3.79. The summed E-state index contributed by atoms with van der Waals surface area (Å²) in [6, 6.07) is 5.98. The fraction of sp³-hybridized carbons (Fsp3) is 0.467. The third kappa shape index (κ3) is 2.71. The Labute approximate surface area is 123 Å². The summed E-state index contributed by atoms with van der Waals surface area (Å²) < 4.78 is 7.07. The van der Waals surface area contributed by atoms with E-state index in [1.54, 1.807) is 11.8 Å². The van der Waals surface area contributed by atoms with E-state index in [-0.39, 0.29) is 11.9 Å². The minimum atomic E-state index is -0.0401. The van der Waals surface area contributed by atoms with Crippen LogP contribution in [0.3, 0.4) is 0 Å². The number of hydrogen-bond donors (Lipinski definition) is 2. The molecule has 6 nitrogen and oxygen atoms in total. The smallest absolute Gasteiger partial charge is 0.240 e. The molecule has 3 rings (SSSR count). The van der Waals surface area contributed by atoms with Gasteiger partial charge in [-0.25, -0.2) is 0 Å². The van der Waals surface area contributed by atoms with Gasteiger partial charge in [0.2, 0.25) is 11.8 Å². The maximum absolute atomic E-state index is 12.0. The number of nitrogens with one attached hydrogen (secondary N) is 2. The van der Waals surface area contributed by atoms with E-state index in [0.717, 1.165) is 35.9 Å². The van der Waals surface area contributed by atoms with Gasteiger partial charge in [-0.15, -0.1) is 5.10 Å². The van der Waals surface area contributed by atoms with Crippen molar-refractivity contribution in [1.82, 2.24) is 20.4 Å². The molecule has 0 aliphatic carbocycles. The van der Waals surface area contributed by atoms with Gasteiger partial charge in [-0.2, -0.15) is 0 Å². The normalized spacial score (nSPS) is 18.1. The molecule has 0 spiro atoms. The molecule has 1 aliphatic rings. The number of aryl methyl sites for hydroxylation is 1. The van der Waals surface area contributed by atoms with E-state index in [4.69, 9.17) is 4.74 Å². The van der Waals surface area contributed by atoms with Crippen LogP contribution >= 0.6 is 0 Å². The number of methoxy groups -OCH3 is 1. The lowest BCUT2D eigenvalue weighted by Gasteiger charge is -2.11. The maximum Gasteiger partial charge on any atom is 0.240 e. The van der Waals surface area contributed by atoms with Crippen molar-refractivity contribution in [3.8, 4) is 5.88 Å². The third-order valence-electron chi connectivity index (χ3n) is 3.92. The van der Waals surface area contributed by atoms with Crippen LogP contribution in [0.25, 0.3) is 10.9 Å². The Bertz CT molecular complexity index is 659. The number of rotatable bonds is 4. The van der Waals surface area contributed by atoms with E-state index in [0.29, 0.717) is 12.4 Å². The average molecular weight is 288 g/mol. The first-order valence-corrected chi connectivity index (χ1v) is 7.20. The number of carbonyl (C=O) groups excluding carboxylic acids is 1. The molecule has 1 atom stereocenters. The zero-order valence-corrected chi connectivity index (χ0v) is 12.3. The number of hydrogen-bond acceptors (Lipinski definition) is 4. The quantitative estimate of drug-likeness (QED) is 0.879. The van der Waals surface area contributed by atoms with E-state index in [2.05, 4.69) is 15.7 Å². The lowest BCUT2D eigenvalue weighted by atomic mass is 10.1. The number of nitrogens with zero attached hydrogens (tertiary/aromatic N) is 2. The molecule has 6 heteroatoms. The Morgan fingerprint density at radius 3 is 3.14 bits per heavy atom. The van der Waals surface area contributed by atoms with Crippen LogP contribution in [0.1, 0.15) is 18.4 Å². The highest BCUT2D eigenvalue weighted by atomic mass is 16.5. The van der Waals surface area contributed by atoms with Crippen molar-refractivity contribution in [2.75, 3.05) is 13.7 Å². The Hall–Kier alpha value is -2.08. The van der Waals surface area contributed by atoms with Gasteiger partial charge in [-0.3, -0.25) is 9.48 Å². The van der Waals surface area contributed by atoms with Crippen molar-refractivity contribution >= 4 is 16.8 Å². The van der Waals surface area contributed by atoms with E-state index in [1.165, 1.54) is 0 Å². The largest absolute Gasteiger partial charge is 0.479 e. The fourth-order valence-electron chi connectivity index (χ4n) is 2.76. The van der Waals surface area contributed by atoms with E-state index < -0.39 is 0 Å². The molecule has 1 amide bonds. The van der Waals surface area contributed by atoms with Gasteiger partial charge in [-0.1, -0.05) is 6.07 Å². The second kappa shape index (κ2) is 5.73. The first kappa shape index (κ1) is 13.9. The van der Waals surface area contributed by atoms with Crippen molar-refractivity contribution in [2.45, 2.75) is 25.4 Å². The topological polar surface area (TPSA) is 68.2 Å². The Morgan fingerprint density at radius 2 is 2.43 bits per heavy atom. The molecule has 0 radical (unpaired) electrons. The van der Waals surface area contributed by atoms with E-state index >= 15 is 0 Å². The van der Waals surface area contributed by atoms with Crippen molar-refractivity contribution in [3.05, 3.63) is 23.8 Å². The number of carbonyl (C=O) groups is 1. The molecule has 112 valence electrons. The molecular formula is C15H20N4O2. The molecule has 2 heterocycles. The molecule has 1 aromatic heterocycles. The summed E-state index contributed by atoms with van der Waals surface area (Å²) in [5, 5.41) is 11.4. The van der Waals surface area contributed by atoms with Crippen molar-refractivity contribution < 1.29 is 9.53 Å². The summed E-state index contributed by atoms with van der Waals surface area (Å²) in [5.41, 5.74) is 2.06. The highest BCUT2D eigenvalue weighted by molar-refractivity contribution is 5.85. The fourth-order valence-corrected chi connectivity index (χ4v) is 2.76. The summed E-state index contributed by atoms with van der Waals surface area (Å²) in [6.07, 6.45) is 1.98. The summed E-state index contributed by atoms with van der Waals surface area (Å²) in [6.45, 7) is 1.45. The molecule has 1 saturated heterocycles. The minimum Gasteiger partial charge on any atom is -0.479 e. The lowest BCUT2D eigenvalue weighted by molar-refractivity contribution is -0.122. The number of ether oxygens (including phenoxy) is 1. The SMILES string of the molecule is COc1nn(C)c2ccc(CNC(=O)C3CCCN3)cc12. The second-order valence-corrected chi connectivity index (χ2v) is 5.35. The van der Waals surface area contributed by atoms with E-state index in [1.807, 2.05) is 25.2 Å². The predicted molar refractivity (Wildman–Crippen MR) is 80.1 cm³/mol. The van der Waals surface area contributed by atoms with Crippen LogP contribution in [0.4, 0.5) is 0 Å². The van der Waals surface area contributed by atoms with E-state index in [9.17, 15) is 4.79 Å². The number of benzene rings is 1. The van der Waals surface area contributed by atoms with Crippen molar-refractivity contribution in [1.29, 1.82) is 0 Å². The first-order valence-electron chi connectivity index (χ1n) is 7.20. The number of fused-ring (bicyclic) bond motifs is 1. The van der Waals surface area contributed by atoms with Crippen LogP contribution in [0.5, 0.6) is 5.88 Å². The second-order valence-electron chi connectivity index (χ2n) is 5.35. The summed E-state index contributed by atoms with van der Waals surface area (Å²) >= 11 is 0. The predicted octanol–water partition coefficient (Wildman–Crippen LogP) is 0.950. The zero-order valence-electron chi connectivity index (χ0n) is 12.3. The average Bonchev–Trinajstić information content (AvgIpc) is 3.13. The minimum absolute atomic E-state index is 0.0401. The molecule has 2 N–H and O–H groups in total. The van der Waals surface area contributed by atoms with Crippen LogP contribution in [-0.4, -0.2) is 35.4 Å². The molecule has 2 aromatic rings. The molecule has 21 heavy (non-hydrogen) atoms. The van der Waals surface area contributed by atoms with Crippen LogP contribution in [0.2, 0.25) is 0 Å². The van der Waals surface area contributed by atoms with Gasteiger partial charge in [-0.05, 0) is 37.1 Å². The van der Waals surface area contributed by atoms with Crippen LogP contribution < -0.4 is 15.4 Å². The Morgan fingerprint density at radius 1 is 1.57 bits per heavy atom. The molecule has 1 unspecified atom stereocenters. The third-order valence-corrected chi connectivity index (χ3v) is 3.92. The van der Waals surface area contributed by atoms with Crippen LogP contribution in [0.15, 0.2) is 18.2 Å². The van der Waals surface area contributed by atoms with Gasteiger partial charge in [0.05, 0.1) is 24.1 Å². The molecular weight excluding hydrogens is 268 g/mol. The lowest BCUT2D eigenvalue weighted by Crippen LogP contribution is -2.39. The molecule has 0 bridgehead atoms. The molecule has 1 fully saturated rings. The van der Waals surface area contributed by atoms with Crippen LogP contribution in [0, 0.1) is 0 Å². The Balaban J connectivity index is 1.73. The highest BCUT2D eigenvalue weighted by Gasteiger charge is 2.21. The molecule has 1 aromatic carbocycles. The molecule has 0 saturated carbocycles. The van der Waals surface area contributed by atoms with Crippen LogP contribution in [-0.2, 0) is 18.4 Å². The van der Waals surface area contributed by atoms with Crippen molar-refractivity contribution in [3.63, 3.8) is 0 Å². The number of amides is 1. The summed E-state index contributed by atoms with van der Waals surface area (Å²) in [5.74, 6) is 0.684. The van der Waals surface area contributed by atoms with Crippen molar-refractivity contribution in [2.24, 2.45) is 7.05 Å².